The van der Waals surface area contributed by atoms with Crippen LogP contribution >= 0.6 is 0 Å². The number of halogens is 2. The van der Waals surface area contributed by atoms with Crippen LogP contribution in [0.5, 0.6) is 0 Å². The molecule has 3 aromatic rings. The van der Waals surface area contributed by atoms with Crippen molar-refractivity contribution in [3.63, 3.8) is 0 Å². The van der Waals surface area contributed by atoms with Gasteiger partial charge in [0.15, 0.2) is 0 Å². The molecule has 0 saturated heterocycles. The summed E-state index contributed by atoms with van der Waals surface area (Å²) < 4.78 is 31.5. The molecule has 0 bridgehead atoms. The Bertz CT molecular complexity index is 1110. The largest absolute Gasteiger partial charge is 0.335 e. The lowest BCUT2D eigenvalue weighted by atomic mass is 9.85. The first kappa shape index (κ1) is 20.8. The summed E-state index contributed by atoms with van der Waals surface area (Å²) in [6.07, 6.45) is 6.61. The molecule has 0 saturated carbocycles. The van der Waals surface area contributed by atoms with Crippen LogP contribution in [0.1, 0.15) is 77.6 Å². The molecule has 30 heavy (non-hydrogen) atoms. The standard InChI is InChI=1S/C27H31F2N/c1-17(2)30-25(19-9-7-6-8-10-19)24(22-15-21(28)16-23(29)26(22)30)18-11-13-20(14-12-18)27(3,4)5/h9,11-17H,6-8,10H2,1-5H3. The fourth-order valence-electron chi connectivity index (χ4n) is 4.68. The average Bonchev–Trinajstić information content (AvgIpc) is 3.03. The van der Waals surface area contributed by atoms with E-state index in [4.69, 9.17) is 0 Å². The smallest absolute Gasteiger partial charge is 0.150 e. The van der Waals surface area contributed by atoms with E-state index in [2.05, 4.69) is 69.5 Å². The highest BCUT2D eigenvalue weighted by atomic mass is 19.1. The van der Waals surface area contributed by atoms with E-state index in [1.807, 2.05) is 0 Å². The number of hydrogen-bond acceptors (Lipinski definition) is 0. The van der Waals surface area contributed by atoms with E-state index in [0.717, 1.165) is 42.1 Å². The zero-order chi connectivity index (χ0) is 21.6. The average molecular weight is 408 g/mol. The lowest BCUT2D eigenvalue weighted by molar-refractivity contribution is 0.567. The van der Waals surface area contributed by atoms with Gasteiger partial charge in [-0.2, -0.15) is 0 Å². The first-order valence-corrected chi connectivity index (χ1v) is 11.0. The number of rotatable bonds is 3. The molecule has 0 spiro atoms. The predicted octanol–water partition coefficient (Wildman–Crippen LogP) is 8.42. The minimum atomic E-state index is -0.530. The van der Waals surface area contributed by atoms with Crippen LogP contribution in [0, 0.1) is 11.6 Å². The molecule has 2 aromatic carbocycles. The molecule has 158 valence electrons. The van der Waals surface area contributed by atoms with Crippen LogP contribution in [-0.2, 0) is 5.41 Å². The first-order valence-electron chi connectivity index (χ1n) is 11.0. The number of benzene rings is 2. The van der Waals surface area contributed by atoms with E-state index in [0.29, 0.717) is 10.9 Å². The molecule has 0 radical (unpaired) electrons. The van der Waals surface area contributed by atoms with E-state index < -0.39 is 11.6 Å². The Morgan fingerprint density at radius 3 is 2.23 bits per heavy atom. The van der Waals surface area contributed by atoms with E-state index in [1.54, 1.807) is 0 Å². The van der Waals surface area contributed by atoms with Crippen molar-refractivity contribution >= 4 is 16.5 Å². The predicted molar refractivity (Wildman–Crippen MR) is 123 cm³/mol. The van der Waals surface area contributed by atoms with Gasteiger partial charge in [0.05, 0.1) is 11.2 Å². The van der Waals surface area contributed by atoms with Gasteiger partial charge in [0.2, 0.25) is 0 Å². The molecule has 1 aliphatic carbocycles. The Kier molecular flexibility index (Phi) is 5.34. The monoisotopic (exact) mass is 407 g/mol. The summed E-state index contributed by atoms with van der Waals surface area (Å²) in [5.74, 6) is -1.02. The van der Waals surface area contributed by atoms with Crippen LogP contribution in [0.15, 0.2) is 42.5 Å². The molecule has 0 fully saturated rings. The zero-order valence-corrected chi connectivity index (χ0v) is 18.7. The van der Waals surface area contributed by atoms with Gasteiger partial charge in [-0.15, -0.1) is 0 Å². The van der Waals surface area contributed by atoms with Crippen LogP contribution in [0.3, 0.4) is 0 Å². The molecule has 4 rings (SSSR count). The van der Waals surface area contributed by atoms with Crippen molar-refractivity contribution in [1.29, 1.82) is 0 Å². The van der Waals surface area contributed by atoms with Gasteiger partial charge in [-0.25, -0.2) is 8.78 Å². The maximum absolute atomic E-state index is 15.1. The Morgan fingerprint density at radius 2 is 1.67 bits per heavy atom. The summed E-state index contributed by atoms with van der Waals surface area (Å²) in [5, 5.41) is 0.659. The Hall–Kier alpha value is -2.42. The van der Waals surface area contributed by atoms with Gasteiger partial charge in [0.25, 0.3) is 0 Å². The highest BCUT2D eigenvalue weighted by molar-refractivity contribution is 6.03. The Balaban J connectivity index is 2.08. The SMILES string of the molecule is CC(C)n1c(C2=CCCCC2)c(-c2ccc(C(C)(C)C)cc2)c2cc(F)cc(F)c21. The minimum Gasteiger partial charge on any atom is -0.335 e. The second-order valence-electron chi connectivity index (χ2n) is 9.77. The van der Waals surface area contributed by atoms with E-state index >= 15 is 4.39 Å². The van der Waals surface area contributed by atoms with Crippen LogP contribution in [0.25, 0.3) is 27.6 Å². The van der Waals surface area contributed by atoms with Crippen molar-refractivity contribution in [1.82, 2.24) is 4.57 Å². The molecule has 0 unspecified atom stereocenters. The zero-order valence-electron chi connectivity index (χ0n) is 18.7. The number of nitrogens with zero attached hydrogens (tertiary/aromatic N) is 1. The maximum Gasteiger partial charge on any atom is 0.150 e. The molecule has 1 aliphatic rings. The molecular weight excluding hydrogens is 376 g/mol. The molecule has 0 atom stereocenters. The summed E-state index contributed by atoms with van der Waals surface area (Å²) in [4.78, 5) is 0. The number of hydrogen-bond donors (Lipinski definition) is 0. The number of fused-ring (bicyclic) bond motifs is 1. The van der Waals surface area contributed by atoms with Gasteiger partial charge in [-0.05, 0) is 67.7 Å². The molecule has 0 N–H and O–H groups in total. The van der Waals surface area contributed by atoms with Crippen LogP contribution in [0.2, 0.25) is 0 Å². The quantitative estimate of drug-likeness (QED) is 0.410. The van der Waals surface area contributed by atoms with Gasteiger partial charge in [-0.3, -0.25) is 0 Å². The van der Waals surface area contributed by atoms with E-state index in [-0.39, 0.29) is 11.5 Å². The lowest BCUT2D eigenvalue weighted by Crippen LogP contribution is -2.10. The molecule has 3 heteroatoms. The van der Waals surface area contributed by atoms with Crippen molar-refractivity contribution in [2.45, 2.75) is 71.8 Å². The van der Waals surface area contributed by atoms with Crippen LogP contribution in [0.4, 0.5) is 8.78 Å². The molecule has 1 nitrogen and oxygen atoms in total. The third-order valence-electron chi connectivity index (χ3n) is 6.17. The fourth-order valence-corrected chi connectivity index (χ4v) is 4.68. The lowest BCUT2D eigenvalue weighted by Gasteiger charge is -2.22. The summed E-state index contributed by atoms with van der Waals surface area (Å²) in [7, 11) is 0. The molecule has 1 aromatic heterocycles. The van der Waals surface area contributed by atoms with Gasteiger partial charge in [0, 0.05) is 23.1 Å². The van der Waals surface area contributed by atoms with Crippen molar-refractivity contribution in [2.24, 2.45) is 0 Å². The second kappa shape index (κ2) is 7.68. The first-order chi connectivity index (χ1) is 14.2. The summed E-state index contributed by atoms with van der Waals surface area (Å²) in [6.45, 7) is 10.7. The van der Waals surface area contributed by atoms with Crippen molar-refractivity contribution in [3.8, 4) is 11.1 Å². The third-order valence-corrected chi connectivity index (χ3v) is 6.17. The maximum atomic E-state index is 15.1. The summed E-state index contributed by atoms with van der Waals surface area (Å²) >= 11 is 0. The van der Waals surface area contributed by atoms with Crippen molar-refractivity contribution < 1.29 is 8.78 Å². The molecule has 0 aliphatic heterocycles. The summed E-state index contributed by atoms with van der Waals surface area (Å²) in [5.41, 5.74) is 6.06. The number of allylic oxidation sites excluding steroid dienone is 2. The molecular formula is C27H31F2N. The van der Waals surface area contributed by atoms with Gasteiger partial charge in [0.1, 0.15) is 11.6 Å². The highest BCUT2D eigenvalue weighted by Gasteiger charge is 2.26. The topological polar surface area (TPSA) is 4.93 Å². The van der Waals surface area contributed by atoms with Gasteiger partial charge >= 0.3 is 0 Å². The Labute approximate surface area is 178 Å². The second-order valence-corrected chi connectivity index (χ2v) is 9.77. The molecule has 1 heterocycles. The third kappa shape index (κ3) is 3.59. The van der Waals surface area contributed by atoms with Crippen LogP contribution in [-0.4, -0.2) is 4.57 Å². The fraction of sp³-hybridized carbons (Fsp3) is 0.407. The van der Waals surface area contributed by atoms with Crippen molar-refractivity contribution in [3.05, 3.63) is 65.4 Å². The van der Waals surface area contributed by atoms with Crippen LogP contribution < -0.4 is 0 Å². The Morgan fingerprint density at radius 1 is 0.967 bits per heavy atom. The number of aromatic nitrogens is 1. The minimum absolute atomic E-state index is 0.0530. The van der Waals surface area contributed by atoms with Gasteiger partial charge < -0.3 is 4.57 Å². The molecule has 0 amide bonds. The highest BCUT2D eigenvalue weighted by Crippen LogP contribution is 2.44. The summed E-state index contributed by atoms with van der Waals surface area (Å²) in [6, 6.07) is 11.1. The van der Waals surface area contributed by atoms with Gasteiger partial charge in [-0.1, -0.05) is 51.1 Å². The normalized spacial score (nSPS) is 15.1. The van der Waals surface area contributed by atoms with Crippen molar-refractivity contribution in [2.75, 3.05) is 0 Å². The van der Waals surface area contributed by atoms with E-state index in [9.17, 15) is 4.39 Å². The van der Waals surface area contributed by atoms with E-state index in [1.165, 1.54) is 23.6 Å².